The van der Waals surface area contributed by atoms with Gasteiger partial charge in [-0.15, -0.1) is 0 Å². The van der Waals surface area contributed by atoms with E-state index in [-0.39, 0.29) is 18.4 Å². The van der Waals surface area contributed by atoms with E-state index in [0.717, 1.165) is 5.56 Å². The Balaban J connectivity index is 1.49. The third-order valence-corrected chi connectivity index (χ3v) is 4.12. The fourth-order valence-electron chi connectivity index (χ4n) is 2.87. The number of non-ortho nitro benzene ring substituents is 1. The summed E-state index contributed by atoms with van der Waals surface area (Å²) in [5.41, 5.74) is 1.24. The Bertz CT molecular complexity index is 866. The van der Waals surface area contributed by atoms with Crippen LogP contribution in [0.4, 0.5) is 11.4 Å². The van der Waals surface area contributed by atoms with Gasteiger partial charge >= 0.3 is 0 Å². The van der Waals surface area contributed by atoms with Crippen LogP contribution in [0.15, 0.2) is 36.4 Å². The van der Waals surface area contributed by atoms with E-state index in [4.69, 9.17) is 14.2 Å². The number of nitro benzene ring substituents is 1. The number of hydrogen-bond acceptors (Lipinski definition) is 6. The van der Waals surface area contributed by atoms with Crippen molar-refractivity contribution in [2.24, 2.45) is 0 Å². The Hall–Kier alpha value is -3.29. The van der Waals surface area contributed by atoms with E-state index in [1.807, 2.05) is 6.07 Å². The number of fused-ring (bicyclic) bond motifs is 2. The van der Waals surface area contributed by atoms with Crippen molar-refractivity contribution in [1.82, 2.24) is 0 Å². The second kappa shape index (κ2) is 5.97. The number of ether oxygens (including phenoxy) is 3. The van der Waals surface area contributed by atoms with Crippen molar-refractivity contribution in [2.45, 2.75) is 18.9 Å². The summed E-state index contributed by atoms with van der Waals surface area (Å²) in [6.45, 7) is 0.176. The highest BCUT2D eigenvalue weighted by atomic mass is 16.7. The van der Waals surface area contributed by atoms with Crippen molar-refractivity contribution >= 4 is 17.3 Å². The lowest BCUT2D eigenvalue weighted by Crippen LogP contribution is -2.35. The van der Waals surface area contributed by atoms with Gasteiger partial charge in [-0.3, -0.25) is 14.9 Å². The molecular formula is C17H14N2O6. The molecule has 0 spiro atoms. The lowest BCUT2D eigenvalue weighted by molar-refractivity contribution is -0.384. The first-order valence-corrected chi connectivity index (χ1v) is 7.74. The average molecular weight is 342 g/mol. The molecule has 1 amide bonds. The van der Waals surface area contributed by atoms with Crippen LogP contribution in [0.5, 0.6) is 17.2 Å². The highest BCUT2D eigenvalue weighted by molar-refractivity contribution is 5.94. The Morgan fingerprint density at radius 2 is 1.96 bits per heavy atom. The minimum absolute atomic E-state index is 0.0829. The molecule has 1 N–H and O–H groups in total. The number of carbonyl (C=O) groups excluding carboxylic acids is 1. The lowest BCUT2D eigenvalue weighted by atomic mass is 10.0. The summed E-state index contributed by atoms with van der Waals surface area (Å²) in [4.78, 5) is 22.7. The number of nitrogens with zero attached hydrogens (tertiary/aromatic N) is 1. The molecule has 2 heterocycles. The van der Waals surface area contributed by atoms with E-state index in [9.17, 15) is 14.9 Å². The molecule has 0 saturated carbocycles. The third kappa shape index (κ3) is 2.93. The number of aryl methyl sites for hydroxylation is 1. The summed E-state index contributed by atoms with van der Waals surface area (Å²) < 4.78 is 16.4. The summed E-state index contributed by atoms with van der Waals surface area (Å²) in [6, 6.07) is 9.39. The molecule has 2 aromatic rings. The summed E-state index contributed by atoms with van der Waals surface area (Å²) >= 11 is 0. The van der Waals surface area contributed by atoms with Crippen LogP contribution >= 0.6 is 0 Å². The maximum atomic E-state index is 12.4. The predicted molar refractivity (Wildman–Crippen MR) is 87.0 cm³/mol. The van der Waals surface area contributed by atoms with Gasteiger partial charge in [0.1, 0.15) is 5.75 Å². The SMILES string of the molecule is O=C(Nc1cccc([N+](=O)[O-])c1)C1CCc2cc3c(cc2O1)OCO3. The first-order valence-electron chi connectivity index (χ1n) is 7.74. The van der Waals surface area contributed by atoms with Crippen molar-refractivity contribution in [3.63, 3.8) is 0 Å². The molecule has 2 aliphatic rings. The fourth-order valence-corrected chi connectivity index (χ4v) is 2.87. The third-order valence-electron chi connectivity index (χ3n) is 4.12. The molecule has 0 radical (unpaired) electrons. The molecule has 0 aromatic heterocycles. The van der Waals surface area contributed by atoms with Crippen molar-refractivity contribution in [3.8, 4) is 17.2 Å². The van der Waals surface area contributed by atoms with E-state index in [1.165, 1.54) is 18.2 Å². The van der Waals surface area contributed by atoms with Gasteiger partial charge in [0.15, 0.2) is 17.6 Å². The topological polar surface area (TPSA) is 99.9 Å². The number of hydrogen-bond donors (Lipinski definition) is 1. The molecule has 0 bridgehead atoms. The summed E-state index contributed by atoms with van der Waals surface area (Å²) in [5, 5.41) is 13.5. The number of rotatable bonds is 3. The highest BCUT2D eigenvalue weighted by Crippen LogP contribution is 2.40. The standard InChI is InChI=1S/C17H14N2O6/c20-17(18-11-2-1-3-12(7-11)19(21)22)13-5-4-10-6-15-16(24-9-23-15)8-14(10)25-13/h1-3,6-8,13H,4-5,9H2,(H,18,20). The van der Waals surface area contributed by atoms with Crippen LogP contribution in [-0.2, 0) is 11.2 Å². The Labute approximate surface area is 142 Å². The van der Waals surface area contributed by atoms with Crippen LogP contribution < -0.4 is 19.5 Å². The van der Waals surface area contributed by atoms with Crippen molar-refractivity contribution < 1.29 is 23.9 Å². The van der Waals surface area contributed by atoms with Crippen LogP contribution in [0.25, 0.3) is 0 Å². The molecule has 8 heteroatoms. The number of nitro groups is 1. The van der Waals surface area contributed by atoms with E-state index < -0.39 is 11.0 Å². The van der Waals surface area contributed by atoms with Crippen molar-refractivity contribution in [3.05, 3.63) is 52.1 Å². The largest absolute Gasteiger partial charge is 0.480 e. The van der Waals surface area contributed by atoms with Crippen LogP contribution in [0.1, 0.15) is 12.0 Å². The van der Waals surface area contributed by atoms with Crippen LogP contribution in [0.3, 0.4) is 0 Å². The molecule has 0 saturated heterocycles. The fraction of sp³-hybridized carbons (Fsp3) is 0.235. The number of amides is 1. The highest BCUT2D eigenvalue weighted by Gasteiger charge is 2.29. The first-order chi connectivity index (χ1) is 12.1. The zero-order valence-corrected chi connectivity index (χ0v) is 13.1. The number of nitrogens with one attached hydrogen (secondary N) is 1. The molecule has 0 fully saturated rings. The minimum atomic E-state index is -0.674. The zero-order chi connectivity index (χ0) is 17.4. The summed E-state index contributed by atoms with van der Waals surface area (Å²) in [7, 11) is 0. The molecule has 2 aliphatic heterocycles. The van der Waals surface area contributed by atoms with Gasteiger partial charge in [-0.05, 0) is 30.5 Å². The summed E-state index contributed by atoms with van der Waals surface area (Å²) in [5.74, 6) is 1.53. The van der Waals surface area contributed by atoms with Crippen LogP contribution in [-0.4, -0.2) is 23.7 Å². The quantitative estimate of drug-likeness (QED) is 0.680. The molecular weight excluding hydrogens is 328 g/mol. The lowest BCUT2D eigenvalue weighted by Gasteiger charge is -2.25. The maximum Gasteiger partial charge on any atom is 0.271 e. The summed E-state index contributed by atoms with van der Waals surface area (Å²) in [6.07, 6.45) is 0.499. The predicted octanol–water partition coefficient (Wildman–Crippen LogP) is 2.66. The van der Waals surface area contributed by atoms with Gasteiger partial charge < -0.3 is 19.5 Å². The second-order valence-corrected chi connectivity index (χ2v) is 5.76. The molecule has 1 atom stereocenters. The van der Waals surface area contributed by atoms with Gasteiger partial charge in [0.2, 0.25) is 6.79 Å². The molecule has 0 aliphatic carbocycles. The first kappa shape index (κ1) is 15.3. The zero-order valence-electron chi connectivity index (χ0n) is 13.1. The van der Waals surface area contributed by atoms with Gasteiger partial charge in [-0.1, -0.05) is 6.07 Å². The van der Waals surface area contributed by atoms with Gasteiger partial charge in [-0.25, -0.2) is 0 Å². The normalized spacial score (nSPS) is 17.4. The number of benzene rings is 2. The molecule has 1 unspecified atom stereocenters. The molecule has 4 rings (SSSR count). The van der Waals surface area contributed by atoms with E-state index in [1.54, 1.807) is 12.1 Å². The maximum absolute atomic E-state index is 12.4. The monoisotopic (exact) mass is 342 g/mol. The van der Waals surface area contributed by atoms with Crippen molar-refractivity contribution in [1.29, 1.82) is 0 Å². The van der Waals surface area contributed by atoms with Gasteiger partial charge in [-0.2, -0.15) is 0 Å². The molecule has 2 aromatic carbocycles. The minimum Gasteiger partial charge on any atom is -0.480 e. The Morgan fingerprint density at radius 1 is 1.16 bits per heavy atom. The molecule has 128 valence electrons. The average Bonchev–Trinajstić information content (AvgIpc) is 3.06. The van der Waals surface area contributed by atoms with Crippen LogP contribution in [0, 0.1) is 10.1 Å². The molecule has 8 nitrogen and oxygen atoms in total. The van der Waals surface area contributed by atoms with E-state index in [2.05, 4.69) is 5.32 Å². The Morgan fingerprint density at radius 3 is 2.76 bits per heavy atom. The van der Waals surface area contributed by atoms with E-state index >= 15 is 0 Å². The van der Waals surface area contributed by atoms with Gasteiger partial charge in [0.25, 0.3) is 11.6 Å². The van der Waals surface area contributed by atoms with Gasteiger partial charge in [0, 0.05) is 23.9 Å². The van der Waals surface area contributed by atoms with Crippen LogP contribution in [0.2, 0.25) is 0 Å². The van der Waals surface area contributed by atoms with Crippen molar-refractivity contribution in [2.75, 3.05) is 12.1 Å². The van der Waals surface area contributed by atoms with E-state index in [0.29, 0.717) is 35.8 Å². The Kier molecular flexibility index (Phi) is 3.64. The second-order valence-electron chi connectivity index (χ2n) is 5.76. The number of carbonyl (C=O) groups is 1. The number of anilines is 1. The van der Waals surface area contributed by atoms with Gasteiger partial charge in [0.05, 0.1) is 4.92 Å². The smallest absolute Gasteiger partial charge is 0.271 e. The molecule has 25 heavy (non-hydrogen) atoms.